The molecular weight excluding hydrogens is 242 g/mol. The fraction of sp³-hybridized carbons (Fsp3) is 0.182. The van der Waals surface area contributed by atoms with Gasteiger partial charge < -0.3 is 4.52 Å². The van der Waals surface area contributed by atoms with E-state index in [-0.39, 0.29) is 0 Å². The fourth-order valence-corrected chi connectivity index (χ4v) is 1.62. The zero-order chi connectivity index (χ0) is 10.1. The molecule has 0 N–H and O–H groups in total. The summed E-state index contributed by atoms with van der Waals surface area (Å²) in [5, 5.41) is 3.85. The standard InChI is InChI=1S/C11H10BrNO/c1-7-3-4-9(6-10(7)12)11-5-8(2)13-14-11/h3-6H,1-2H3. The van der Waals surface area contributed by atoms with Crippen molar-refractivity contribution in [3.05, 3.63) is 40.0 Å². The van der Waals surface area contributed by atoms with E-state index in [9.17, 15) is 0 Å². The highest BCUT2D eigenvalue weighted by Gasteiger charge is 2.05. The minimum atomic E-state index is 0.809. The Bertz CT molecular complexity index is 462. The molecule has 2 aromatic rings. The lowest BCUT2D eigenvalue weighted by Crippen LogP contribution is -1.78. The Morgan fingerprint density at radius 3 is 2.57 bits per heavy atom. The number of nitrogens with zero attached hydrogens (tertiary/aromatic N) is 1. The van der Waals surface area contributed by atoms with Gasteiger partial charge in [-0.2, -0.15) is 0 Å². The van der Waals surface area contributed by atoms with Crippen molar-refractivity contribution in [3.8, 4) is 11.3 Å². The van der Waals surface area contributed by atoms with Crippen LogP contribution in [0.3, 0.4) is 0 Å². The number of hydrogen-bond acceptors (Lipinski definition) is 2. The Balaban J connectivity index is 2.47. The number of aromatic nitrogens is 1. The molecule has 1 aromatic carbocycles. The minimum Gasteiger partial charge on any atom is -0.356 e. The zero-order valence-electron chi connectivity index (χ0n) is 8.04. The van der Waals surface area contributed by atoms with Crippen LogP contribution in [0, 0.1) is 13.8 Å². The van der Waals surface area contributed by atoms with Crippen LogP contribution >= 0.6 is 15.9 Å². The van der Waals surface area contributed by atoms with Crippen molar-refractivity contribution in [3.63, 3.8) is 0 Å². The molecule has 0 atom stereocenters. The summed E-state index contributed by atoms with van der Waals surface area (Å²) in [5.74, 6) is 0.809. The van der Waals surface area contributed by atoms with E-state index in [4.69, 9.17) is 4.52 Å². The van der Waals surface area contributed by atoms with Crippen LogP contribution in [0.5, 0.6) is 0 Å². The summed E-state index contributed by atoms with van der Waals surface area (Å²) < 4.78 is 6.26. The molecule has 0 saturated carbocycles. The predicted octanol–water partition coefficient (Wildman–Crippen LogP) is 3.72. The van der Waals surface area contributed by atoms with Gasteiger partial charge in [0.1, 0.15) is 0 Å². The molecule has 0 bridgehead atoms. The number of halogens is 1. The third kappa shape index (κ3) is 1.73. The van der Waals surface area contributed by atoms with Gasteiger partial charge in [-0.05, 0) is 25.5 Å². The molecule has 14 heavy (non-hydrogen) atoms. The SMILES string of the molecule is Cc1cc(-c2ccc(C)c(Br)c2)on1. The average Bonchev–Trinajstić information content (AvgIpc) is 2.57. The number of rotatable bonds is 1. The van der Waals surface area contributed by atoms with Crippen molar-refractivity contribution in [1.82, 2.24) is 5.16 Å². The predicted molar refractivity (Wildman–Crippen MR) is 59.1 cm³/mol. The topological polar surface area (TPSA) is 26.0 Å². The van der Waals surface area contributed by atoms with Crippen LogP contribution in [-0.4, -0.2) is 5.16 Å². The molecule has 0 fully saturated rings. The maximum Gasteiger partial charge on any atom is 0.167 e. The lowest BCUT2D eigenvalue weighted by Gasteiger charge is -1.99. The number of benzene rings is 1. The second-order valence-electron chi connectivity index (χ2n) is 3.30. The van der Waals surface area contributed by atoms with Crippen LogP contribution in [-0.2, 0) is 0 Å². The largest absolute Gasteiger partial charge is 0.356 e. The summed E-state index contributed by atoms with van der Waals surface area (Å²) in [6.07, 6.45) is 0. The highest BCUT2D eigenvalue weighted by atomic mass is 79.9. The minimum absolute atomic E-state index is 0.809. The lowest BCUT2D eigenvalue weighted by atomic mass is 10.1. The molecule has 1 aromatic heterocycles. The van der Waals surface area contributed by atoms with E-state index in [1.54, 1.807) is 0 Å². The molecule has 0 aliphatic rings. The van der Waals surface area contributed by atoms with Crippen molar-refractivity contribution in [2.45, 2.75) is 13.8 Å². The van der Waals surface area contributed by atoms with Gasteiger partial charge >= 0.3 is 0 Å². The van der Waals surface area contributed by atoms with E-state index in [0.717, 1.165) is 21.5 Å². The zero-order valence-corrected chi connectivity index (χ0v) is 9.63. The normalized spacial score (nSPS) is 10.5. The van der Waals surface area contributed by atoms with Crippen molar-refractivity contribution >= 4 is 15.9 Å². The molecule has 0 aliphatic carbocycles. The van der Waals surface area contributed by atoms with Gasteiger partial charge in [0.15, 0.2) is 5.76 Å². The Labute approximate surface area is 91.1 Å². The van der Waals surface area contributed by atoms with Gasteiger partial charge in [0.2, 0.25) is 0 Å². The molecule has 2 nitrogen and oxygen atoms in total. The average molecular weight is 252 g/mol. The first-order valence-corrected chi connectivity index (χ1v) is 5.16. The van der Waals surface area contributed by atoms with Crippen LogP contribution in [0.2, 0.25) is 0 Å². The first-order chi connectivity index (χ1) is 6.66. The lowest BCUT2D eigenvalue weighted by molar-refractivity contribution is 0.427. The van der Waals surface area contributed by atoms with Crippen molar-refractivity contribution in [2.75, 3.05) is 0 Å². The summed E-state index contributed by atoms with van der Waals surface area (Å²) in [6.45, 7) is 3.97. The van der Waals surface area contributed by atoms with E-state index in [0.29, 0.717) is 0 Å². The molecule has 0 aliphatic heterocycles. The van der Waals surface area contributed by atoms with Crippen LogP contribution in [0.25, 0.3) is 11.3 Å². The highest BCUT2D eigenvalue weighted by Crippen LogP contribution is 2.25. The molecule has 3 heteroatoms. The van der Waals surface area contributed by atoms with Gasteiger partial charge in [-0.15, -0.1) is 0 Å². The third-order valence-electron chi connectivity index (χ3n) is 2.08. The van der Waals surface area contributed by atoms with E-state index in [1.807, 2.05) is 25.1 Å². The Kier molecular flexibility index (Phi) is 2.42. The third-order valence-corrected chi connectivity index (χ3v) is 2.94. The maximum absolute atomic E-state index is 5.17. The van der Waals surface area contributed by atoms with E-state index in [1.165, 1.54) is 5.56 Å². The molecule has 0 amide bonds. The summed E-state index contributed by atoms with van der Waals surface area (Å²) in [7, 11) is 0. The molecule has 72 valence electrons. The smallest absolute Gasteiger partial charge is 0.167 e. The quantitative estimate of drug-likeness (QED) is 0.773. The van der Waals surface area contributed by atoms with Crippen LogP contribution in [0.15, 0.2) is 33.3 Å². The van der Waals surface area contributed by atoms with E-state index < -0.39 is 0 Å². The van der Waals surface area contributed by atoms with Crippen LogP contribution in [0.1, 0.15) is 11.3 Å². The van der Waals surface area contributed by atoms with Gasteiger partial charge in [0, 0.05) is 16.1 Å². The fourth-order valence-electron chi connectivity index (χ4n) is 1.25. The Morgan fingerprint density at radius 1 is 1.21 bits per heavy atom. The van der Waals surface area contributed by atoms with Crippen molar-refractivity contribution in [1.29, 1.82) is 0 Å². The monoisotopic (exact) mass is 251 g/mol. The van der Waals surface area contributed by atoms with Crippen LogP contribution < -0.4 is 0 Å². The molecule has 2 rings (SSSR count). The van der Waals surface area contributed by atoms with Gasteiger partial charge in [0.05, 0.1) is 5.69 Å². The van der Waals surface area contributed by atoms with E-state index >= 15 is 0 Å². The summed E-state index contributed by atoms with van der Waals surface area (Å²) in [5.41, 5.74) is 3.16. The van der Waals surface area contributed by atoms with Crippen LogP contribution in [0.4, 0.5) is 0 Å². The van der Waals surface area contributed by atoms with E-state index in [2.05, 4.69) is 34.1 Å². The Hall–Kier alpha value is -1.09. The maximum atomic E-state index is 5.17. The molecule has 0 radical (unpaired) electrons. The molecule has 0 spiro atoms. The number of hydrogen-bond donors (Lipinski definition) is 0. The van der Waals surface area contributed by atoms with Gasteiger partial charge in [-0.3, -0.25) is 0 Å². The van der Waals surface area contributed by atoms with Gasteiger partial charge in [-0.25, -0.2) is 0 Å². The number of aryl methyl sites for hydroxylation is 2. The first kappa shape index (κ1) is 9.46. The molecule has 0 saturated heterocycles. The second kappa shape index (κ2) is 3.58. The summed E-state index contributed by atoms with van der Waals surface area (Å²) in [4.78, 5) is 0. The molecule has 1 heterocycles. The summed E-state index contributed by atoms with van der Waals surface area (Å²) in [6, 6.07) is 8.05. The summed E-state index contributed by atoms with van der Waals surface area (Å²) >= 11 is 3.49. The molecular formula is C11H10BrNO. The Morgan fingerprint density at radius 2 is 2.00 bits per heavy atom. The highest BCUT2D eigenvalue weighted by molar-refractivity contribution is 9.10. The second-order valence-corrected chi connectivity index (χ2v) is 4.15. The molecule has 0 unspecified atom stereocenters. The van der Waals surface area contributed by atoms with Gasteiger partial charge in [0.25, 0.3) is 0 Å². The first-order valence-electron chi connectivity index (χ1n) is 4.36. The van der Waals surface area contributed by atoms with Gasteiger partial charge in [-0.1, -0.05) is 33.2 Å². The van der Waals surface area contributed by atoms with Crippen molar-refractivity contribution in [2.24, 2.45) is 0 Å². The van der Waals surface area contributed by atoms with Crippen molar-refractivity contribution < 1.29 is 4.52 Å².